The van der Waals surface area contributed by atoms with E-state index < -0.39 is 0 Å². The molecule has 6 nitrogen and oxygen atoms in total. The summed E-state index contributed by atoms with van der Waals surface area (Å²) in [6.07, 6.45) is 4.82. The lowest BCUT2D eigenvalue weighted by Gasteiger charge is -2.32. The zero-order chi connectivity index (χ0) is 25.2. The number of benzene rings is 3. The fraction of sp³-hybridized carbons (Fsp3) is 0.333. The van der Waals surface area contributed by atoms with Gasteiger partial charge in [-0.05, 0) is 42.5 Å². The van der Waals surface area contributed by atoms with Gasteiger partial charge in [-0.1, -0.05) is 85.6 Å². The van der Waals surface area contributed by atoms with Crippen molar-refractivity contribution in [3.8, 4) is 0 Å². The summed E-state index contributed by atoms with van der Waals surface area (Å²) in [5, 5.41) is 15.6. The van der Waals surface area contributed by atoms with Crippen LogP contribution in [-0.2, 0) is 4.79 Å². The van der Waals surface area contributed by atoms with Crippen molar-refractivity contribution in [3.05, 3.63) is 102 Å². The minimum absolute atomic E-state index is 0.0403. The lowest BCUT2D eigenvalue weighted by atomic mass is 9.96. The van der Waals surface area contributed by atoms with Crippen molar-refractivity contribution >= 4 is 17.5 Å². The topological polar surface area (TPSA) is 81.7 Å². The van der Waals surface area contributed by atoms with Gasteiger partial charge in [0.1, 0.15) is 0 Å². The molecule has 1 fully saturated rings. The Kier molecular flexibility index (Phi) is 9.25. The summed E-state index contributed by atoms with van der Waals surface area (Å²) < 4.78 is 0. The summed E-state index contributed by atoms with van der Waals surface area (Å²) in [4.78, 5) is 28.4. The molecule has 0 heterocycles. The van der Waals surface area contributed by atoms with E-state index in [0.717, 1.165) is 36.8 Å². The van der Waals surface area contributed by atoms with Crippen LogP contribution in [0, 0.1) is 0 Å². The number of hydrogen-bond acceptors (Lipinski definition) is 4. The Bertz CT molecular complexity index is 1080. The van der Waals surface area contributed by atoms with Crippen LogP contribution in [0.1, 0.15) is 59.6 Å². The Morgan fingerprint density at radius 2 is 1.44 bits per heavy atom. The highest BCUT2D eigenvalue weighted by atomic mass is 16.3. The van der Waals surface area contributed by atoms with Crippen molar-refractivity contribution in [3.63, 3.8) is 0 Å². The first-order valence-corrected chi connectivity index (χ1v) is 12.8. The second-order valence-corrected chi connectivity index (χ2v) is 9.32. The van der Waals surface area contributed by atoms with E-state index in [2.05, 4.69) is 39.8 Å². The smallest absolute Gasteiger partial charge is 0.253 e. The predicted molar refractivity (Wildman–Crippen MR) is 143 cm³/mol. The van der Waals surface area contributed by atoms with E-state index in [9.17, 15) is 14.7 Å². The zero-order valence-corrected chi connectivity index (χ0v) is 20.6. The molecule has 1 aliphatic carbocycles. The molecule has 3 aromatic carbocycles. The highest BCUT2D eigenvalue weighted by molar-refractivity contribution is 6.04. The molecule has 2 amide bonds. The minimum Gasteiger partial charge on any atom is -0.396 e. The number of carbonyl (C=O) groups is 2. The molecule has 0 saturated heterocycles. The van der Waals surface area contributed by atoms with E-state index in [1.54, 1.807) is 12.1 Å². The molecule has 0 radical (unpaired) electrons. The van der Waals surface area contributed by atoms with E-state index in [0.29, 0.717) is 24.2 Å². The summed E-state index contributed by atoms with van der Waals surface area (Å²) in [6, 6.07) is 27.4. The van der Waals surface area contributed by atoms with Crippen LogP contribution >= 0.6 is 0 Å². The van der Waals surface area contributed by atoms with Gasteiger partial charge in [-0.2, -0.15) is 0 Å². The molecule has 1 saturated carbocycles. The zero-order valence-electron chi connectivity index (χ0n) is 20.6. The van der Waals surface area contributed by atoms with Gasteiger partial charge in [0.25, 0.3) is 5.91 Å². The third-order valence-corrected chi connectivity index (χ3v) is 6.68. The van der Waals surface area contributed by atoms with Crippen LogP contribution < -0.4 is 10.6 Å². The third kappa shape index (κ3) is 6.80. The third-order valence-electron chi connectivity index (χ3n) is 6.68. The van der Waals surface area contributed by atoms with Crippen molar-refractivity contribution in [2.45, 2.75) is 44.2 Å². The molecule has 4 rings (SSSR count). The van der Waals surface area contributed by atoms with Gasteiger partial charge in [0.15, 0.2) is 0 Å². The number of nitrogens with one attached hydrogen (secondary N) is 2. The molecule has 3 N–H and O–H groups in total. The van der Waals surface area contributed by atoms with Gasteiger partial charge >= 0.3 is 0 Å². The number of aliphatic hydroxyl groups is 1. The average molecular weight is 486 g/mol. The first kappa shape index (κ1) is 25.6. The van der Waals surface area contributed by atoms with Gasteiger partial charge in [-0.15, -0.1) is 0 Å². The largest absolute Gasteiger partial charge is 0.396 e. The van der Waals surface area contributed by atoms with Gasteiger partial charge < -0.3 is 15.7 Å². The van der Waals surface area contributed by atoms with E-state index in [-0.39, 0.29) is 37.0 Å². The number of hydrogen-bond donors (Lipinski definition) is 3. The van der Waals surface area contributed by atoms with Crippen LogP contribution in [0.5, 0.6) is 0 Å². The summed E-state index contributed by atoms with van der Waals surface area (Å²) >= 11 is 0. The molecule has 0 unspecified atom stereocenters. The second kappa shape index (κ2) is 13.0. The standard InChI is InChI=1S/C30H35N3O3/c34-21-11-20-33(29(23-12-3-1-4-13-23)24-14-5-2-6-15-24)22-28(35)32-27-19-10-9-18-26(27)30(36)31-25-16-7-8-17-25/h1-6,9-10,12-15,18-19,25,29,34H,7-8,11,16-17,20-22H2,(H,31,36)(H,32,35). The lowest BCUT2D eigenvalue weighted by Crippen LogP contribution is -2.38. The average Bonchev–Trinajstić information content (AvgIpc) is 3.42. The van der Waals surface area contributed by atoms with Gasteiger partial charge in [0.05, 0.1) is 23.8 Å². The maximum Gasteiger partial charge on any atom is 0.253 e. The molecule has 0 aliphatic heterocycles. The molecule has 0 spiro atoms. The highest BCUT2D eigenvalue weighted by Gasteiger charge is 2.25. The van der Waals surface area contributed by atoms with Crippen molar-refractivity contribution in [2.24, 2.45) is 0 Å². The van der Waals surface area contributed by atoms with Crippen LogP contribution in [0.3, 0.4) is 0 Å². The van der Waals surface area contributed by atoms with Crippen molar-refractivity contribution < 1.29 is 14.7 Å². The molecular weight excluding hydrogens is 450 g/mol. The molecule has 0 atom stereocenters. The second-order valence-electron chi connectivity index (χ2n) is 9.32. The maximum atomic E-state index is 13.3. The Morgan fingerprint density at radius 1 is 0.861 bits per heavy atom. The SMILES string of the molecule is O=C(CN(CCCO)C(c1ccccc1)c1ccccc1)Nc1ccccc1C(=O)NC1CCCC1. The molecule has 3 aromatic rings. The van der Waals surface area contributed by atoms with Gasteiger partial charge in [-0.25, -0.2) is 0 Å². The van der Waals surface area contributed by atoms with Crippen molar-refractivity contribution in [1.82, 2.24) is 10.2 Å². The number of nitrogens with zero attached hydrogens (tertiary/aromatic N) is 1. The van der Waals surface area contributed by atoms with Crippen LogP contribution in [-0.4, -0.2) is 47.6 Å². The summed E-state index contributed by atoms with van der Waals surface area (Å²) in [7, 11) is 0. The number of amides is 2. The Hall–Kier alpha value is -3.48. The molecule has 188 valence electrons. The summed E-state index contributed by atoms with van der Waals surface area (Å²) in [5.74, 6) is -0.354. The van der Waals surface area contributed by atoms with E-state index in [1.165, 1.54) is 0 Å². The first-order valence-electron chi connectivity index (χ1n) is 12.8. The quantitative estimate of drug-likeness (QED) is 0.365. The number of aliphatic hydroxyl groups excluding tert-OH is 1. The van der Waals surface area contributed by atoms with Crippen LogP contribution in [0.25, 0.3) is 0 Å². The Balaban J connectivity index is 1.54. The van der Waals surface area contributed by atoms with Crippen LogP contribution in [0.2, 0.25) is 0 Å². The summed E-state index contributed by atoms with van der Waals surface area (Å²) in [5.41, 5.74) is 3.13. The van der Waals surface area contributed by atoms with Crippen LogP contribution in [0.4, 0.5) is 5.69 Å². The molecular formula is C30H35N3O3. The minimum atomic E-state index is -0.203. The Morgan fingerprint density at radius 3 is 2.06 bits per heavy atom. The molecule has 0 aromatic heterocycles. The number of rotatable bonds is 11. The van der Waals surface area contributed by atoms with E-state index in [4.69, 9.17) is 0 Å². The highest BCUT2D eigenvalue weighted by Crippen LogP contribution is 2.29. The van der Waals surface area contributed by atoms with Crippen LogP contribution in [0.15, 0.2) is 84.9 Å². The van der Waals surface area contributed by atoms with E-state index >= 15 is 0 Å². The van der Waals surface area contributed by atoms with Gasteiger partial charge in [-0.3, -0.25) is 14.5 Å². The van der Waals surface area contributed by atoms with E-state index in [1.807, 2.05) is 48.5 Å². The number of carbonyl (C=O) groups excluding carboxylic acids is 2. The van der Waals surface area contributed by atoms with Crippen molar-refractivity contribution in [2.75, 3.05) is 25.0 Å². The monoisotopic (exact) mass is 485 g/mol. The normalized spacial score (nSPS) is 13.8. The number of para-hydroxylation sites is 1. The van der Waals surface area contributed by atoms with Gasteiger partial charge in [0.2, 0.25) is 5.91 Å². The molecule has 0 bridgehead atoms. The number of anilines is 1. The first-order chi connectivity index (χ1) is 17.7. The maximum absolute atomic E-state index is 13.3. The summed E-state index contributed by atoms with van der Waals surface area (Å²) in [6.45, 7) is 0.702. The fourth-order valence-corrected chi connectivity index (χ4v) is 4.96. The Labute approximate surface area is 213 Å². The fourth-order valence-electron chi connectivity index (χ4n) is 4.96. The van der Waals surface area contributed by atoms with Gasteiger partial charge in [0, 0.05) is 19.2 Å². The predicted octanol–water partition coefficient (Wildman–Crippen LogP) is 4.77. The lowest BCUT2D eigenvalue weighted by molar-refractivity contribution is -0.117. The molecule has 1 aliphatic rings. The van der Waals surface area contributed by atoms with Crippen molar-refractivity contribution in [1.29, 1.82) is 0 Å². The molecule has 6 heteroatoms. The molecule has 36 heavy (non-hydrogen) atoms.